The fraction of sp³-hybridized carbons (Fsp3) is 0.452. The Morgan fingerprint density at radius 2 is 2.02 bits per heavy atom. The summed E-state index contributed by atoms with van der Waals surface area (Å²) in [6.45, 7) is 10.5. The maximum absolute atomic E-state index is 13.9. The van der Waals surface area contributed by atoms with Crippen molar-refractivity contribution in [1.29, 1.82) is 5.26 Å². The Hall–Kier alpha value is -4.59. The van der Waals surface area contributed by atoms with Crippen molar-refractivity contribution in [2.24, 2.45) is 0 Å². The predicted octanol–water partition coefficient (Wildman–Crippen LogP) is 4.42. The molecule has 3 aromatic rings. The molecule has 3 heterocycles. The van der Waals surface area contributed by atoms with Gasteiger partial charge in [0.15, 0.2) is 5.78 Å². The van der Waals surface area contributed by atoms with Gasteiger partial charge in [-0.25, -0.2) is 9.78 Å². The van der Waals surface area contributed by atoms with Gasteiger partial charge < -0.3 is 24.3 Å². The number of nitrogens with zero attached hydrogens (tertiary/aromatic N) is 5. The number of hydrogen-bond donors (Lipinski definition) is 1. The van der Waals surface area contributed by atoms with E-state index in [4.69, 9.17) is 9.47 Å². The standard InChI is InChI=1S/C31H38N6O5/c1-20(2)12-14-37-27-26(33-19-36(29(27)39)18-25(38)21-9-7-11-23(15-21)41-6)24(16-32)28(37)35-13-8-10-22(17-35)34-30(40)42-31(3,4)5/h7,9,11-12,15,19,22H,8,10,13-14,17-18H2,1-6H3,(H,34,40)/t22-/m1/s1. The highest BCUT2D eigenvalue weighted by Gasteiger charge is 2.30. The third-order valence-electron chi connectivity index (χ3n) is 6.94. The number of amides is 1. The number of nitrogens with one attached hydrogen (secondary N) is 1. The molecule has 11 nitrogen and oxygen atoms in total. The first-order valence-electron chi connectivity index (χ1n) is 14.0. The summed E-state index contributed by atoms with van der Waals surface area (Å²) < 4.78 is 13.8. The van der Waals surface area contributed by atoms with E-state index < -0.39 is 17.3 Å². The number of benzene rings is 1. The number of fused-ring (bicyclic) bond motifs is 1. The van der Waals surface area contributed by atoms with Crippen LogP contribution in [-0.4, -0.2) is 57.8 Å². The number of hydrogen-bond acceptors (Lipinski definition) is 8. The van der Waals surface area contributed by atoms with Crippen LogP contribution in [0.15, 0.2) is 47.0 Å². The summed E-state index contributed by atoms with van der Waals surface area (Å²) in [5.74, 6) is 0.844. The molecule has 0 bridgehead atoms. The number of anilines is 1. The molecule has 0 unspecified atom stereocenters. The number of methoxy groups -OCH3 is 1. The van der Waals surface area contributed by atoms with Crippen LogP contribution in [-0.2, 0) is 17.8 Å². The van der Waals surface area contributed by atoms with Gasteiger partial charge in [-0.3, -0.25) is 14.2 Å². The topological polar surface area (TPSA) is 131 Å². The van der Waals surface area contributed by atoms with Gasteiger partial charge >= 0.3 is 6.09 Å². The second-order valence-electron chi connectivity index (χ2n) is 11.7. The number of ether oxygens (including phenoxy) is 2. The Balaban J connectivity index is 1.75. The van der Waals surface area contributed by atoms with E-state index in [0.717, 1.165) is 18.4 Å². The molecule has 1 aliphatic heterocycles. The third-order valence-corrected chi connectivity index (χ3v) is 6.94. The van der Waals surface area contributed by atoms with Crippen molar-refractivity contribution in [2.45, 2.75) is 72.2 Å². The Morgan fingerprint density at radius 3 is 2.69 bits per heavy atom. The van der Waals surface area contributed by atoms with Crippen LogP contribution < -0.4 is 20.5 Å². The van der Waals surface area contributed by atoms with Crippen molar-refractivity contribution in [3.8, 4) is 11.8 Å². The maximum Gasteiger partial charge on any atom is 0.407 e. The molecule has 4 rings (SSSR count). The van der Waals surface area contributed by atoms with Crippen LogP contribution in [0.25, 0.3) is 11.0 Å². The first-order valence-corrected chi connectivity index (χ1v) is 14.0. The van der Waals surface area contributed by atoms with Crippen molar-refractivity contribution < 1.29 is 19.1 Å². The van der Waals surface area contributed by atoms with Gasteiger partial charge in [-0.2, -0.15) is 5.26 Å². The second kappa shape index (κ2) is 12.5. The van der Waals surface area contributed by atoms with Crippen LogP contribution in [0.5, 0.6) is 5.75 Å². The normalized spacial score (nSPS) is 15.2. The average molecular weight is 575 g/mol. The van der Waals surface area contributed by atoms with Gasteiger partial charge in [0.25, 0.3) is 5.56 Å². The molecule has 0 spiro atoms. The van der Waals surface area contributed by atoms with Crippen LogP contribution >= 0.6 is 0 Å². The van der Waals surface area contributed by atoms with E-state index in [2.05, 4.69) is 16.4 Å². The monoisotopic (exact) mass is 574 g/mol. The molecule has 42 heavy (non-hydrogen) atoms. The van der Waals surface area contributed by atoms with Gasteiger partial charge in [-0.1, -0.05) is 23.8 Å². The largest absolute Gasteiger partial charge is 0.497 e. The SMILES string of the molecule is COc1cccc(C(=O)Cn2cnc3c(C#N)c(N4CCC[C@@H](NC(=O)OC(C)(C)C)C4)n(CC=C(C)C)c3c2=O)c1. The first-order chi connectivity index (χ1) is 19.9. The van der Waals surface area contributed by atoms with Crippen LogP contribution in [0.3, 0.4) is 0 Å². The molecule has 0 saturated carbocycles. The van der Waals surface area contributed by atoms with Crippen LogP contribution in [0, 0.1) is 11.3 Å². The molecule has 222 valence electrons. The number of carbonyl (C=O) groups is 2. The zero-order valence-corrected chi connectivity index (χ0v) is 25.1. The molecule has 0 aliphatic carbocycles. The van der Waals surface area contributed by atoms with E-state index in [1.54, 1.807) is 28.8 Å². The number of ketones is 1. The molecule has 1 atom stereocenters. The van der Waals surface area contributed by atoms with E-state index in [-0.39, 0.29) is 35.0 Å². The zero-order valence-electron chi connectivity index (χ0n) is 25.1. The molecule has 2 aromatic heterocycles. The molecule has 1 aliphatic rings. The van der Waals surface area contributed by atoms with Gasteiger partial charge in [-0.05, 0) is 59.6 Å². The number of alkyl carbamates (subject to hydrolysis) is 1. The van der Waals surface area contributed by atoms with Crippen LogP contribution in [0.1, 0.15) is 63.4 Å². The number of piperidine rings is 1. The highest BCUT2D eigenvalue weighted by Crippen LogP contribution is 2.32. The molecule has 1 fully saturated rings. The van der Waals surface area contributed by atoms with E-state index in [0.29, 0.717) is 36.8 Å². The highest BCUT2D eigenvalue weighted by atomic mass is 16.6. The molecule has 0 radical (unpaired) electrons. The van der Waals surface area contributed by atoms with E-state index in [9.17, 15) is 19.6 Å². The van der Waals surface area contributed by atoms with Crippen molar-refractivity contribution >= 4 is 28.7 Å². The highest BCUT2D eigenvalue weighted by molar-refractivity contribution is 5.96. The number of allylic oxidation sites excluding steroid dienone is 2. The Morgan fingerprint density at radius 1 is 1.26 bits per heavy atom. The Kier molecular flexibility index (Phi) is 9.05. The summed E-state index contributed by atoms with van der Waals surface area (Å²) in [5, 5.41) is 13.2. The summed E-state index contributed by atoms with van der Waals surface area (Å²) in [5.41, 5.74) is 1.24. The Bertz CT molecular complexity index is 1620. The predicted molar refractivity (Wildman–Crippen MR) is 160 cm³/mol. The summed E-state index contributed by atoms with van der Waals surface area (Å²) >= 11 is 0. The van der Waals surface area contributed by atoms with E-state index in [1.807, 2.05) is 45.6 Å². The number of rotatable bonds is 8. The number of Topliss-reactive ketones (excluding diaryl/α,β-unsaturated/α-hetero) is 1. The lowest BCUT2D eigenvalue weighted by molar-refractivity contribution is 0.0499. The molecule has 1 saturated heterocycles. The number of carbonyl (C=O) groups excluding carboxylic acids is 2. The smallest absolute Gasteiger partial charge is 0.407 e. The second-order valence-corrected chi connectivity index (χ2v) is 11.7. The fourth-order valence-corrected chi connectivity index (χ4v) is 5.05. The van der Waals surface area contributed by atoms with E-state index >= 15 is 0 Å². The summed E-state index contributed by atoms with van der Waals surface area (Å²) in [6.07, 6.45) is 4.32. The fourth-order valence-electron chi connectivity index (χ4n) is 5.05. The lowest BCUT2D eigenvalue weighted by atomic mass is 10.1. The van der Waals surface area contributed by atoms with Crippen molar-refractivity contribution in [3.05, 3.63) is 63.7 Å². The number of nitriles is 1. The molecule has 1 aromatic carbocycles. The number of aromatic nitrogens is 3. The van der Waals surface area contributed by atoms with Crippen LogP contribution in [0.2, 0.25) is 0 Å². The van der Waals surface area contributed by atoms with E-state index in [1.165, 1.54) is 18.0 Å². The lowest BCUT2D eigenvalue weighted by Gasteiger charge is -2.35. The van der Waals surface area contributed by atoms with Gasteiger partial charge in [0.05, 0.1) is 20.0 Å². The minimum Gasteiger partial charge on any atom is -0.497 e. The summed E-state index contributed by atoms with van der Waals surface area (Å²) in [6, 6.07) is 8.82. The van der Waals surface area contributed by atoms with Crippen molar-refractivity contribution in [3.63, 3.8) is 0 Å². The third kappa shape index (κ3) is 6.82. The van der Waals surface area contributed by atoms with Gasteiger partial charge in [0.1, 0.15) is 39.8 Å². The van der Waals surface area contributed by atoms with Gasteiger partial charge in [0, 0.05) is 31.2 Å². The molecular weight excluding hydrogens is 536 g/mol. The maximum atomic E-state index is 13.9. The first kappa shape index (κ1) is 30.4. The van der Waals surface area contributed by atoms with Crippen molar-refractivity contribution in [1.82, 2.24) is 19.4 Å². The average Bonchev–Trinajstić information content (AvgIpc) is 3.26. The van der Waals surface area contributed by atoms with Gasteiger partial charge in [-0.15, -0.1) is 0 Å². The molecule has 11 heteroatoms. The zero-order chi connectivity index (χ0) is 30.6. The Labute approximate surface area is 245 Å². The minimum absolute atomic E-state index is 0.208. The minimum atomic E-state index is -0.622. The molecular formula is C31H38N6O5. The van der Waals surface area contributed by atoms with Crippen molar-refractivity contribution in [2.75, 3.05) is 25.1 Å². The molecule has 1 N–H and O–H groups in total. The van der Waals surface area contributed by atoms with Crippen LogP contribution in [0.4, 0.5) is 10.6 Å². The van der Waals surface area contributed by atoms with Gasteiger partial charge in [0.2, 0.25) is 0 Å². The lowest BCUT2D eigenvalue weighted by Crippen LogP contribution is -2.49. The molecule has 1 amide bonds. The summed E-state index contributed by atoms with van der Waals surface area (Å²) in [7, 11) is 1.52. The summed E-state index contributed by atoms with van der Waals surface area (Å²) in [4.78, 5) is 46.0. The quantitative estimate of drug-likeness (QED) is 0.309.